The third-order valence-corrected chi connectivity index (χ3v) is 6.86. The van der Waals surface area contributed by atoms with Crippen molar-refractivity contribution in [3.63, 3.8) is 0 Å². The van der Waals surface area contributed by atoms with Crippen LogP contribution in [0.2, 0.25) is 25.7 Å². The summed E-state index contributed by atoms with van der Waals surface area (Å²) in [6.07, 6.45) is 6.81. The first kappa shape index (κ1) is 22.7. The zero-order chi connectivity index (χ0) is 23.4. The summed E-state index contributed by atoms with van der Waals surface area (Å²) in [5.74, 6) is 0.299. The monoisotopic (exact) mass is 460 g/mol. The first-order valence-electron chi connectivity index (χ1n) is 10.9. The van der Waals surface area contributed by atoms with Crippen LogP contribution in [0.4, 0.5) is 5.82 Å². The Morgan fingerprint density at radius 2 is 1.85 bits per heavy atom. The van der Waals surface area contributed by atoms with Gasteiger partial charge >= 0.3 is 0 Å². The number of nitrogens with zero attached hydrogens (tertiary/aromatic N) is 5. The summed E-state index contributed by atoms with van der Waals surface area (Å²) < 4.78 is 8.17. The molecule has 0 radical (unpaired) electrons. The molecule has 0 aliphatic rings. The molecule has 4 aromatic rings. The van der Waals surface area contributed by atoms with Crippen LogP contribution in [-0.2, 0) is 16.3 Å². The minimum atomic E-state index is -1.22. The van der Waals surface area contributed by atoms with Crippen LogP contribution in [0.5, 0.6) is 0 Å². The van der Waals surface area contributed by atoms with E-state index in [0.29, 0.717) is 19.2 Å². The highest BCUT2D eigenvalue weighted by Gasteiger charge is 2.23. The maximum absolute atomic E-state index is 11.6. The number of hydrogen-bond acceptors (Lipinski definition) is 6. The van der Waals surface area contributed by atoms with Gasteiger partial charge in [-0.1, -0.05) is 25.7 Å². The number of amides is 1. The maximum Gasteiger partial charge on any atom is 0.222 e. The Morgan fingerprint density at radius 1 is 1.03 bits per heavy atom. The number of nitrogens with one attached hydrogen (secondary N) is 1. The number of pyridine rings is 2. The summed E-state index contributed by atoms with van der Waals surface area (Å²) >= 11 is 0. The zero-order valence-corrected chi connectivity index (χ0v) is 20.4. The molecule has 0 spiro atoms. The summed E-state index contributed by atoms with van der Waals surface area (Å²) in [6, 6.07) is 10.6. The van der Waals surface area contributed by atoms with Crippen molar-refractivity contribution in [3.05, 3.63) is 55.1 Å². The van der Waals surface area contributed by atoms with Crippen molar-refractivity contribution in [1.82, 2.24) is 24.5 Å². The van der Waals surface area contributed by atoms with Gasteiger partial charge in [-0.25, -0.2) is 9.97 Å². The molecule has 0 fully saturated rings. The van der Waals surface area contributed by atoms with Crippen LogP contribution in [0.25, 0.3) is 33.7 Å². The van der Waals surface area contributed by atoms with Gasteiger partial charge in [-0.15, -0.1) is 0 Å². The lowest BCUT2D eigenvalue weighted by atomic mass is 10.0. The van der Waals surface area contributed by atoms with E-state index in [9.17, 15) is 4.79 Å². The zero-order valence-electron chi connectivity index (χ0n) is 19.4. The Balaban J connectivity index is 1.88. The normalized spacial score (nSPS) is 11.6. The molecule has 0 saturated carbocycles. The number of anilines is 1. The first-order chi connectivity index (χ1) is 15.8. The van der Waals surface area contributed by atoms with Gasteiger partial charge in [0, 0.05) is 52.0 Å². The summed E-state index contributed by atoms with van der Waals surface area (Å²) in [7, 11) is -1.22. The summed E-state index contributed by atoms with van der Waals surface area (Å²) in [6.45, 7) is 9.47. The van der Waals surface area contributed by atoms with E-state index in [1.807, 2.05) is 34.9 Å². The van der Waals surface area contributed by atoms with E-state index in [4.69, 9.17) is 4.74 Å². The van der Waals surface area contributed by atoms with Crippen molar-refractivity contribution < 1.29 is 9.53 Å². The minimum absolute atomic E-state index is 0.178. The molecule has 1 amide bonds. The second kappa shape index (κ2) is 9.59. The fourth-order valence-corrected chi connectivity index (χ4v) is 4.35. The number of aromatic nitrogens is 5. The number of carbonyl (C=O) groups is 1. The van der Waals surface area contributed by atoms with Crippen LogP contribution in [0.1, 0.15) is 6.92 Å². The molecule has 0 aliphatic carbocycles. The van der Waals surface area contributed by atoms with Crippen molar-refractivity contribution in [1.29, 1.82) is 0 Å². The molecular weight excluding hydrogens is 432 g/mol. The van der Waals surface area contributed by atoms with E-state index in [1.54, 1.807) is 24.8 Å². The third-order valence-electron chi connectivity index (χ3n) is 5.15. The van der Waals surface area contributed by atoms with Crippen LogP contribution in [0, 0.1) is 0 Å². The molecule has 0 aromatic carbocycles. The standard InChI is InChI=1S/C24H28N6O2Si/c1-17(31)29-20-15-18(8-10-26-20)23-21(19-7-5-6-9-25-19)22-24(28-12-11-27-22)30(23)16-32-13-14-33(2,3)4/h5-12,15H,13-14,16H2,1-4H3,(H,26,29,31). The number of fused-ring (bicyclic) bond motifs is 1. The van der Waals surface area contributed by atoms with Crippen LogP contribution in [0.15, 0.2) is 55.1 Å². The Kier molecular flexibility index (Phi) is 6.61. The molecule has 0 bridgehead atoms. The largest absolute Gasteiger partial charge is 0.361 e. The van der Waals surface area contributed by atoms with Crippen LogP contribution < -0.4 is 5.32 Å². The van der Waals surface area contributed by atoms with Crippen molar-refractivity contribution >= 4 is 31.0 Å². The van der Waals surface area contributed by atoms with Gasteiger partial charge in [0.15, 0.2) is 5.65 Å². The van der Waals surface area contributed by atoms with Gasteiger partial charge in [-0.3, -0.25) is 19.3 Å². The maximum atomic E-state index is 11.6. The smallest absolute Gasteiger partial charge is 0.222 e. The molecule has 4 rings (SSSR count). The van der Waals surface area contributed by atoms with Crippen LogP contribution in [0.3, 0.4) is 0 Å². The Morgan fingerprint density at radius 3 is 2.58 bits per heavy atom. The summed E-state index contributed by atoms with van der Waals surface area (Å²) in [5, 5.41) is 2.76. The number of ether oxygens (including phenoxy) is 1. The SMILES string of the molecule is CC(=O)Nc1cc(-c2c(-c3ccccn3)c3nccnc3n2COCC[Si](C)(C)C)ccn1. The molecule has 33 heavy (non-hydrogen) atoms. The van der Waals surface area contributed by atoms with Crippen molar-refractivity contribution in [2.75, 3.05) is 11.9 Å². The van der Waals surface area contributed by atoms with E-state index in [0.717, 1.165) is 39.7 Å². The number of carbonyl (C=O) groups excluding carboxylic acids is 1. The van der Waals surface area contributed by atoms with Gasteiger partial charge in [0.05, 0.1) is 17.0 Å². The van der Waals surface area contributed by atoms with E-state index < -0.39 is 8.07 Å². The molecule has 0 unspecified atom stereocenters. The summed E-state index contributed by atoms with van der Waals surface area (Å²) in [5.41, 5.74) is 4.86. The Labute approximate surface area is 194 Å². The highest BCUT2D eigenvalue weighted by Crippen LogP contribution is 2.39. The fraction of sp³-hybridized carbons (Fsp3) is 0.292. The predicted octanol–water partition coefficient (Wildman–Crippen LogP) is 4.83. The first-order valence-corrected chi connectivity index (χ1v) is 14.6. The van der Waals surface area contributed by atoms with Crippen molar-refractivity contribution in [3.8, 4) is 22.5 Å². The third kappa shape index (κ3) is 5.32. The fourth-order valence-electron chi connectivity index (χ4n) is 3.60. The lowest BCUT2D eigenvalue weighted by Crippen LogP contribution is -2.22. The average Bonchev–Trinajstić information content (AvgIpc) is 3.11. The molecule has 0 aliphatic heterocycles. The molecule has 1 N–H and O–H groups in total. The quantitative estimate of drug-likeness (QED) is 0.299. The van der Waals surface area contributed by atoms with Gasteiger partial charge < -0.3 is 10.1 Å². The van der Waals surface area contributed by atoms with Gasteiger partial charge in [0.1, 0.15) is 18.1 Å². The highest BCUT2D eigenvalue weighted by atomic mass is 28.3. The van der Waals surface area contributed by atoms with Gasteiger partial charge in [0.2, 0.25) is 5.91 Å². The molecule has 170 valence electrons. The molecule has 0 atom stereocenters. The van der Waals surface area contributed by atoms with E-state index in [-0.39, 0.29) is 5.91 Å². The topological polar surface area (TPSA) is 94.8 Å². The lowest BCUT2D eigenvalue weighted by molar-refractivity contribution is -0.114. The molecular formula is C24H28N6O2Si. The van der Waals surface area contributed by atoms with Gasteiger partial charge in [-0.2, -0.15) is 0 Å². The van der Waals surface area contributed by atoms with Gasteiger partial charge in [0.25, 0.3) is 0 Å². The van der Waals surface area contributed by atoms with E-state index in [1.165, 1.54) is 6.92 Å². The average molecular weight is 461 g/mol. The molecule has 0 saturated heterocycles. The number of hydrogen-bond donors (Lipinski definition) is 1. The predicted molar refractivity (Wildman–Crippen MR) is 132 cm³/mol. The molecule has 8 nitrogen and oxygen atoms in total. The number of rotatable bonds is 8. The van der Waals surface area contributed by atoms with Crippen molar-refractivity contribution in [2.24, 2.45) is 0 Å². The molecule has 4 heterocycles. The Hall–Kier alpha value is -3.43. The van der Waals surface area contributed by atoms with E-state index >= 15 is 0 Å². The van der Waals surface area contributed by atoms with Gasteiger partial charge in [-0.05, 0) is 30.3 Å². The second-order valence-electron chi connectivity index (χ2n) is 9.05. The Bertz CT molecular complexity index is 1270. The van der Waals surface area contributed by atoms with Crippen LogP contribution >= 0.6 is 0 Å². The molecule has 9 heteroatoms. The van der Waals surface area contributed by atoms with Crippen molar-refractivity contribution in [2.45, 2.75) is 39.3 Å². The minimum Gasteiger partial charge on any atom is -0.361 e. The van der Waals surface area contributed by atoms with E-state index in [2.05, 4.69) is 44.9 Å². The van der Waals surface area contributed by atoms with Crippen LogP contribution in [-0.4, -0.2) is 45.1 Å². The lowest BCUT2D eigenvalue weighted by Gasteiger charge is -2.17. The highest BCUT2D eigenvalue weighted by molar-refractivity contribution is 6.76. The second-order valence-corrected chi connectivity index (χ2v) is 14.7. The summed E-state index contributed by atoms with van der Waals surface area (Å²) in [4.78, 5) is 29.8. The molecule has 4 aromatic heterocycles.